The number of benzene rings is 1. The van der Waals surface area contributed by atoms with E-state index in [1.54, 1.807) is 0 Å². The molecule has 116 valence electrons. The van der Waals surface area contributed by atoms with Gasteiger partial charge in [0.05, 0.1) is 6.42 Å². The summed E-state index contributed by atoms with van der Waals surface area (Å²) < 4.78 is 53.1. The summed E-state index contributed by atoms with van der Waals surface area (Å²) in [6.45, 7) is 0. The number of pyridine rings is 1. The Bertz CT molecular complexity index is 683. The summed E-state index contributed by atoms with van der Waals surface area (Å²) in [7, 11) is 0. The van der Waals surface area contributed by atoms with Gasteiger partial charge in [-0.05, 0) is 29.3 Å². The Labute approximate surface area is 122 Å². The average molecular weight is 315 g/mol. The van der Waals surface area contributed by atoms with Gasteiger partial charge in [0.2, 0.25) is 5.95 Å². The molecular weight excluding hydrogens is 306 g/mol. The topological polar surface area (TPSA) is 59.4 Å². The molecule has 2 aromatic rings. The fourth-order valence-electron chi connectivity index (χ4n) is 1.87. The molecule has 1 heterocycles. The van der Waals surface area contributed by atoms with Crippen molar-refractivity contribution in [3.63, 3.8) is 0 Å². The Kier molecular flexibility index (Phi) is 4.30. The number of carboxylic acid groups (broad SMARTS) is 1. The van der Waals surface area contributed by atoms with E-state index < -0.39 is 30.4 Å². The number of aliphatic carboxylic acids is 1. The number of hydrogen-bond donors (Lipinski definition) is 1. The normalized spacial score (nSPS) is 11.3. The van der Waals surface area contributed by atoms with Gasteiger partial charge in [0.25, 0.3) is 0 Å². The van der Waals surface area contributed by atoms with E-state index in [9.17, 15) is 22.4 Å². The first-order valence-corrected chi connectivity index (χ1v) is 5.97. The van der Waals surface area contributed by atoms with Crippen LogP contribution in [0, 0.1) is 5.95 Å². The lowest BCUT2D eigenvalue weighted by atomic mass is 10.00. The van der Waals surface area contributed by atoms with Crippen molar-refractivity contribution >= 4 is 5.97 Å². The standard InChI is InChI=1S/C14H9F4NO3/c15-12-5-9(6-13(20)21)11(7-19-12)8-1-3-10(4-2-8)22-14(16,17)18/h1-5,7H,6H2,(H,20,21). The molecule has 0 radical (unpaired) electrons. The van der Waals surface area contributed by atoms with E-state index in [4.69, 9.17) is 5.11 Å². The van der Waals surface area contributed by atoms with Gasteiger partial charge < -0.3 is 9.84 Å². The van der Waals surface area contributed by atoms with Crippen LogP contribution in [-0.2, 0) is 11.2 Å². The first kappa shape index (κ1) is 15.7. The zero-order valence-electron chi connectivity index (χ0n) is 10.9. The molecule has 0 bridgehead atoms. The van der Waals surface area contributed by atoms with E-state index in [0.29, 0.717) is 11.1 Å². The fraction of sp³-hybridized carbons (Fsp3) is 0.143. The molecule has 4 nitrogen and oxygen atoms in total. The van der Waals surface area contributed by atoms with E-state index in [1.165, 1.54) is 12.1 Å². The van der Waals surface area contributed by atoms with Crippen LogP contribution in [-0.4, -0.2) is 22.4 Å². The van der Waals surface area contributed by atoms with Crippen molar-refractivity contribution in [2.24, 2.45) is 0 Å². The minimum Gasteiger partial charge on any atom is -0.481 e. The molecule has 0 spiro atoms. The third-order valence-electron chi connectivity index (χ3n) is 2.70. The van der Waals surface area contributed by atoms with Crippen LogP contribution in [0.5, 0.6) is 5.75 Å². The number of hydrogen-bond acceptors (Lipinski definition) is 3. The molecule has 0 saturated carbocycles. The van der Waals surface area contributed by atoms with Crippen LogP contribution in [0.4, 0.5) is 17.6 Å². The number of ether oxygens (including phenoxy) is 1. The number of nitrogens with zero attached hydrogens (tertiary/aromatic N) is 1. The van der Waals surface area contributed by atoms with Crippen LogP contribution >= 0.6 is 0 Å². The summed E-state index contributed by atoms with van der Waals surface area (Å²) in [5.74, 6) is -2.41. The molecule has 0 atom stereocenters. The van der Waals surface area contributed by atoms with E-state index in [0.717, 1.165) is 24.4 Å². The summed E-state index contributed by atoms with van der Waals surface area (Å²) in [5, 5.41) is 8.81. The number of rotatable bonds is 4. The smallest absolute Gasteiger partial charge is 0.481 e. The zero-order chi connectivity index (χ0) is 16.3. The number of aromatic nitrogens is 1. The van der Waals surface area contributed by atoms with Crippen molar-refractivity contribution in [3.8, 4) is 16.9 Å². The van der Waals surface area contributed by atoms with Crippen molar-refractivity contribution in [2.45, 2.75) is 12.8 Å². The van der Waals surface area contributed by atoms with Gasteiger partial charge >= 0.3 is 12.3 Å². The maximum absolute atomic E-state index is 13.1. The number of halogens is 4. The lowest BCUT2D eigenvalue weighted by Crippen LogP contribution is -2.16. The molecule has 22 heavy (non-hydrogen) atoms. The molecule has 2 rings (SSSR count). The molecule has 1 N–H and O–H groups in total. The van der Waals surface area contributed by atoms with E-state index in [2.05, 4.69) is 9.72 Å². The molecule has 0 unspecified atom stereocenters. The molecule has 1 aromatic heterocycles. The third kappa shape index (κ3) is 4.18. The summed E-state index contributed by atoms with van der Waals surface area (Å²) in [4.78, 5) is 14.2. The SMILES string of the molecule is O=C(O)Cc1cc(F)ncc1-c1ccc(OC(F)(F)F)cc1. The van der Waals surface area contributed by atoms with Gasteiger partial charge in [0, 0.05) is 11.8 Å². The number of carboxylic acids is 1. The van der Waals surface area contributed by atoms with Gasteiger partial charge in [0.1, 0.15) is 5.75 Å². The third-order valence-corrected chi connectivity index (χ3v) is 2.70. The van der Waals surface area contributed by atoms with Gasteiger partial charge in [-0.2, -0.15) is 4.39 Å². The average Bonchev–Trinajstić information content (AvgIpc) is 2.37. The number of alkyl halides is 3. The van der Waals surface area contributed by atoms with Gasteiger partial charge in [-0.3, -0.25) is 4.79 Å². The van der Waals surface area contributed by atoms with Gasteiger partial charge in [-0.15, -0.1) is 13.2 Å². The minimum atomic E-state index is -4.80. The lowest BCUT2D eigenvalue weighted by molar-refractivity contribution is -0.274. The van der Waals surface area contributed by atoms with Crippen LogP contribution in [0.2, 0.25) is 0 Å². The Morgan fingerprint density at radius 2 is 1.86 bits per heavy atom. The monoisotopic (exact) mass is 315 g/mol. The van der Waals surface area contributed by atoms with Crippen molar-refractivity contribution in [1.29, 1.82) is 0 Å². The second-order valence-corrected chi connectivity index (χ2v) is 4.31. The summed E-state index contributed by atoms with van der Waals surface area (Å²) >= 11 is 0. The fourth-order valence-corrected chi connectivity index (χ4v) is 1.87. The molecule has 0 aliphatic heterocycles. The summed E-state index contributed by atoms with van der Waals surface area (Å²) in [5.41, 5.74) is 0.894. The molecule has 0 amide bonds. The summed E-state index contributed by atoms with van der Waals surface area (Å²) in [6, 6.07) is 5.75. The van der Waals surface area contributed by atoms with Crippen LogP contribution in [0.3, 0.4) is 0 Å². The van der Waals surface area contributed by atoms with Crippen molar-refractivity contribution in [2.75, 3.05) is 0 Å². The molecule has 0 aliphatic rings. The maximum atomic E-state index is 13.1. The van der Waals surface area contributed by atoms with Crippen molar-refractivity contribution < 1.29 is 32.2 Å². The highest BCUT2D eigenvalue weighted by Crippen LogP contribution is 2.28. The Hall–Kier alpha value is -2.64. The maximum Gasteiger partial charge on any atom is 0.573 e. The van der Waals surface area contributed by atoms with E-state index in [-0.39, 0.29) is 5.56 Å². The molecule has 8 heteroatoms. The second kappa shape index (κ2) is 6.00. The van der Waals surface area contributed by atoms with Crippen LogP contribution in [0.1, 0.15) is 5.56 Å². The molecule has 0 aliphatic carbocycles. The van der Waals surface area contributed by atoms with E-state index in [1.807, 2.05) is 0 Å². The van der Waals surface area contributed by atoms with Crippen LogP contribution in [0.25, 0.3) is 11.1 Å². The Morgan fingerprint density at radius 1 is 1.23 bits per heavy atom. The van der Waals surface area contributed by atoms with Gasteiger partial charge in [-0.1, -0.05) is 12.1 Å². The van der Waals surface area contributed by atoms with Crippen molar-refractivity contribution in [1.82, 2.24) is 4.98 Å². The highest BCUT2D eigenvalue weighted by Gasteiger charge is 2.31. The second-order valence-electron chi connectivity index (χ2n) is 4.31. The van der Waals surface area contributed by atoms with E-state index >= 15 is 0 Å². The quantitative estimate of drug-likeness (QED) is 0.694. The zero-order valence-corrected chi connectivity index (χ0v) is 10.9. The van der Waals surface area contributed by atoms with Gasteiger partial charge in [0.15, 0.2) is 0 Å². The molecule has 0 saturated heterocycles. The van der Waals surface area contributed by atoms with Crippen molar-refractivity contribution in [3.05, 3.63) is 48.0 Å². The molecular formula is C14H9F4NO3. The predicted molar refractivity (Wildman–Crippen MR) is 67.7 cm³/mol. The lowest BCUT2D eigenvalue weighted by Gasteiger charge is -2.11. The highest BCUT2D eigenvalue weighted by molar-refractivity contribution is 5.76. The van der Waals surface area contributed by atoms with Crippen LogP contribution in [0.15, 0.2) is 36.5 Å². The first-order chi connectivity index (χ1) is 10.2. The minimum absolute atomic E-state index is 0.171. The molecule has 1 aromatic carbocycles. The Balaban J connectivity index is 2.33. The largest absolute Gasteiger partial charge is 0.573 e. The highest BCUT2D eigenvalue weighted by atomic mass is 19.4. The van der Waals surface area contributed by atoms with Crippen LogP contribution < -0.4 is 4.74 Å². The Morgan fingerprint density at radius 3 is 2.41 bits per heavy atom. The predicted octanol–water partition coefficient (Wildman–Crippen LogP) is 3.41. The number of carbonyl (C=O) groups is 1. The summed E-state index contributed by atoms with van der Waals surface area (Å²) in [6.07, 6.45) is -4.10. The molecule has 0 fully saturated rings. The first-order valence-electron chi connectivity index (χ1n) is 5.97. The van der Waals surface area contributed by atoms with Gasteiger partial charge in [-0.25, -0.2) is 4.98 Å².